The molecular formula is C20H19N5O5S. The number of allylic oxidation sites excluding steroid dienone is 2. The van der Waals surface area contributed by atoms with E-state index in [0.717, 1.165) is 0 Å². The molecule has 1 aromatic heterocycles. The highest BCUT2D eigenvalue weighted by molar-refractivity contribution is 7.71. The van der Waals surface area contributed by atoms with Crippen molar-refractivity contribution in [3.8, 4) is 11.5 Å². The van der Waals surface area contributed by atoms with Crippen LogP contribution >= 0.6 is 12.2 Å². The van der Waals surface area contributed by atoms with Crippen molar-refractivity contribution in [1.82, 2.24) is 9.97 Å². The number of hydrogen-bond donors (Lipinski definition) is 3. The van der Waals surface area contributed by atoms with Crippen molar-refractivity contribution in [2.45, 2.75) is 32.6 Å². The molecule has 1 atom stereocenters. The first kappa shape index (κ1) is 19.5. The van der Waals surface area contributed by atoms with Crippen LogP contribution in [0.5, 0.6) is 11.5 Å². The number of nitrogens with zero attached hydrogens (tertiary/aromatic N) is 2. The number of nitrogens with two attached hydrogens (primary N) is 1. The zero-order chi connectivity index (χ0) is 22.1. The Bertz CT molecular complexity index is 1270. The molecule has 3 heterocycles. The molecule has 3 aliphatic rings. The normalized spacial score (nSPS) is 20.7. The molecule has 5 rings (SSSR count). The second kappa shape index (κ2) is 6.51. The Labute approximate surface area is 181 Å². The van der Waals surface area contributed by atoms with Crippen molar-refractivity contribution in [2.75, 3.05) is 17.8 Å². The van der Waals surface area contributed by atoms with Gasteiger partial charge in [-0.2, -0.15) is 0 Å². The number of nitro groups is 1. The van der Waals surface area contributed by atoms with Crippen LogP contribution in [0.15, 0.2) is 23.4 Å². The lowest BCUT2D eigenvalue weighted by Gasteiger charge is -2.39. The molecule has 4 N–H and O–H groups in total. The molecular weight excluding hydrogens is 422 g/mol. The number of hydrogen-bond acceptors (Lipinski definition) is 9. The molecule has 31 heavy (non-hydrogen) atoms. The van der Waals surface area contributed by atoms with E-state index in [-0.39, 0.29) is 45.6 Å². The number of nitrogens with one attached hydrogen (secondary N) is 2. The minimum atomic E-state index is -0.802. The first-order valence-corrected chi connectivity index (χ1v) is 10.1. The predicted octanol–water partition coefficient (Wildman–Crippen LogP) is 3.56. The molecule has 1 unspecified atom stereocenters. The number of H-pyrrole nitrogens is 1. The summed E-state index contributed by atoms with van der Waals surface area (Å²) in [6.07, 6.45) is 0.892. The fourth-order valence-electron chi connectivity index (χ4n) is 4.60. The highest BCUT2D eigenvalue weighted by Crippen LogP contribution is 2.53. The second-order valence-electron chi connectivity index (χ2n) is 8.63. The maximum absolute atomic E-state index is 13.3. The van der Waals surface area contributed by atoms with Crippen LogP contribution in [0.3, 0.4) is 0 Å². The summed E-state index contributed by atoms with van der Waals surface area (Å²) in [5, 5.41) is 15.2. The number of aromatic amines is 1. The van der Waals surface area contributed by atoms with Crippen LogP contribution in [0, 0.1) is 20.3 Å². The summed E-state index contributed by atoms with van der Waals surface area (Å²) in [6.45, 7) is 3.97. The highest BCUT2D eigenvalue weighted by Gasteiger charge is 2.44. The molecule has 10 nitrogen and oxygen atoms in total. The number of ketones is 1. The average molecular weight is 441 g/mol. The van der Waals surface area contributed by atoms with E-state index in [0.29, 0.717) is 41.2 Å². The topological polar surface area (TPSA) is 145 Å². The average Bonchev–Trinajstić information content (AvgIpc) is 3.11. The smallest absolute Gasteiger partial charge is 0.277 e. The minimum absolute atomic E-state index is 0.0312. The molecule has 0 fully saturated rings. The van der Waals surface area contributed by atoms with Crippen LogP contribution < -0.4 is 20.5 Å². The molecule has 0 spiro atoms. The van der Waals surface area contributed by atoms with E-state index >= 15 is 0 Å². The number of benzene rings is 1. The van der Waals surface area contributed by atoms with Crippen LogP contribution in [0.2, 0.25) is 0 Å². The minimum Gasteiger partial charge on any atom is -0.454 e. The Kier molecular flexibility index (Phi) is 4.09. The van der Waals surface area contributed by atoms with Crippen molar-refractivity contribution in [1.29, 1.82) is 0 Å². The molecule has 0 bridgehead atoms. The number of anilines is 2. The second-order valence-corrected chi connectivity index (χ2v) is 9.02. The Hall–Kier alpha value is -3.47. The summed E-state index contributed by atoms with van der Waals surface area (Å²) in [7, 11) is 0. The van der Waals surface area contributed by atoms with E-state index in [1.807, 2.05) is 13.8 Å². The number of nitro benzene ring substituents is 1. The van der Waals surface area contributed by atoms with Crippen molar-refractivity contribution in [3.05, 3.63) is 49.4 Å². The van der Waals surface area contributed by atoms with Gasteiger partial charge in [0.15, 0.2) is 22.1 Å². The maximum atomic E-state index is 13.3. The third-order valence-corrected chi connectivity index (χ3v) is 5.99. The van der Waals surface area contributed by atoms with Crippen LogP contribution in [0.1, 0.15) is 43.7 Å². The Morgan fingerprint density at radius 2 is 2.00 bits per heavy atom. The first-order chi connectivity index (χ1) is 14.6. The van der Waals surface area contributed by atoms with Gasteiger partial charge >= 0.3 is 0 Å². The maximum Gasteiger partial charge on any atom is 0.277 e. The number of ether oxygens (including phenoxy) is 2. The summed E-state index contributed by atoms with van der Waals surface area (Å²) in [5.74, 6) is 0.355. The van der Waals surface area contributed by atoms with Gasteiger partial charge in [0.2, 0.25) is 6.79 Å². The monoisotopic (exact) mass is 441 g/mol. The predicted molar refractivity (Wildman–Crippen MR) is 114 cm³/mol. The standard InChI is InChI=1S/C20H19N5O5S/c1-20(2)5-9-15(11(26)6-20)14(16-17(21)23-19(31)24-18(16)22-9)8-3-12-13(30-7-29-12)4-10(8)25(27)28/h3-4,14H,5-7H2,1-2H3,(H4,21,22,23,24,31). The lowest BCUT2D eigenvalue weighted by Crippen LogP contribution is -2.34. The van der Waals surface area contributed by atoms with Gasteiger partial charge in [-0.3, -0.25) is 14.9 Å². The summed E-state index contributed by atoms with van der Waals surface area (Å²) >= 11 is 5.17. The molecule has 2 aliphatic heterocycles. The number of nitrogen functional groups attached to an aromatic ring is 1. The van der Waals surface area contributed by atoms with Crippen LogP contribution in [0.25, 0.3) is 0 Å². The van der Waals surface area contributed by atoms with Gasteiger partial charge in [0.25, 0.3) is 5.69 Å². The van der Waals surface area contributed by atoms with Gasteiger partial charge in [0, 0.05) is 28.8 Å². The third kappa shape index (κ3) is 3.03. The van der Waals surface area contributed by atoms with Gasteiger partial charge in [0.05, 0.1) is 16.9 Å². The molecule has 0 amide bonds. The van der Waals surface area contributed by atoms with Crippen molar-refractivity contribution >= 4 is 35.3 Å². The Balaban J connectivity index is 1.83. The quantitative estimate of drug-likeness (QED) is 0.362. The zero-order valence-electron chi connectivity index (χ0n) is 16.8. The van der Waals surface area contributed by atoms with Gasteiger partial charge < -0.3 is 25.5 Å². The largest absolute Gasteiger partial charge is 0.454 e. The summed E-state index contributed by atoms with van der Waals surface area (Å²) in [5.41, 5.74) is 7.68. The SMILES string of the molecule is CC1(C)CC(=O)C2=C(C1)Nc1nc(=S)[nH]c(N)c1C2c1cc2c(cc1[N+](=O)[O-])OCO2. The Morgan fingerprint density at radius 1 is 1.29 bits per heavy atom. The molecule has 11 heteroatoms. The Morgan fingerprint density at radius 3 is 2.71 bits per heavy atom. The third-order valence-electron chi connectivity index (χ3n) is 5.80. The van der Waals surface area contributed by atoms with E-state index in [9.17, 15) is 14.9 Å². The van der Waals surface area contributed by atoms with E-state index < -0.39 is 10.8 Å². The fourth-order valence-corrected chi connectivity index (χ4v) is 4.80. The van der Waals surface area contributed by atoms with E-state index in [2.05, 4.69) is 15.3 Å². The summed E-state index contributed by atoms with van der Waals surface area (Å²) in [6, 6.07) is 2.88. The van der Waals surface area contributed by atoms with Gasteiger partial charge in [-0.1, -0.05) is 13.8 Å². The molecule has 1 aliphatic carbocycles. The highest BCUT2D eigenvalue weighted by atomic mass is 32.1. The zero-order valence-corrected chi connectivity index (χ0v) is 17.6. The number of carbonyl (C=O) groups is 1. The van der Waals surface area contributed by atoms with Crippen LogP contribution in [0.4, 0.5) is 17.3 Å². The lowest BCUT2D eigenvalue weighted by atomic mass is 9.69. The fraction of sp³-hybridized carbons (Fsp3) is 0.350. The number of rotatable bonds is 2. The lowest BCUT2D eigenvalue weighted by molar-refractivity contribution is -0.385. The summed E-state index contributed by atoms with van der Waals surface area (Å²) in [4.78, 5) is 32.0. The van der Waals surface area contributed by atoms with E-state index in [4.69, 9.17) is 27.4 Å². The molecule has 1 aromatic carbocycles. The van der Waals surface area contributed by atoms with Gasteiger partial charge in [-0.05, 0) is 30.1 Å². The van der Waals surface area contributed by atoms with E-state index in [1.54, 1.807) is 6.07 Å². The molecule has 0 saturated heterocycles. The van der Waals surface area contributed by atoms with E-state index in [1.165, 1.54) is 6.07 Å². The number of Topliss-reactive ketones (excluding diaryl/α,β-unsaturated/α-hetero) is 1. The molecule has 0 saturated carbocycles. The molecule has 2 aromatic rings. The van der Waals surface area contributed by atoms with Crippen molar-refractivity contribution in [3.63, 3.8) is 0 Å². The van der Waals surface area contributed by atoms with Crippen LogP contribution in [-0.2, 0) is 4.79 Å². The van der Waals surface area contributed by atoms with Gasteiger partial charge in [-0.25, -0.2) is 4.98 Å². The van der Waals surface area contributed by atoms with Crippen molar-refractivity contribution < 1.29 is 19.2 Å². The summed E-state index contributed by atoms with van der Waals surface area (Å²) < 4.78 is 11.0. The number of aromatic nitrogens is 2. The first-order valence-electron chi connectivity index (χ1n) is 9.65. The van der Waals surface area contributed by atoms with Gasteiger partial charge in [-0.15, -0.1) is 0 Å². The van der Waals surface area contributed by atoms with Gasteiger partial charge in [0.1, 0.15) is 11.6 Å². The molecule has 160 valence electrons. The number of fused-ring (bicyclic) bond motifs is 2. The molecule has 0 radical (unpaired) electrons. The number of carbonyl (C=O) groups excluding carboxylic acids is 1. The van der Waals surface area contributed by atoms with Crippen molar-refractivity contribution in [2.24, 2.45) is 5.41 Å². The van der Waals surface area contributed by atoms with Crippen LogP contribution in [-0.4, -0.2) is 27.5 Å².